The predicted molar refractivity (Wildman–Crippen MR) is 220 cm³/mol. The molecule has 1 rings (SSSR count). The fraction of sp³-hybridized carbons (Fsp3) is 1.00. The highest BCUT2D eigenvalue weighted by molar-refractivity contribution is 6.61. The van der Waals surface area contributed by atoms with Gasteiger partial charge in [-0.2, -0.15) is 0 Å². The predicted octanol–water partition coefficient (Wildman–Crippen LogP) is 13.3. The van der Waals surface area contributed by atoms with Crippen molar-refractivity contribution < 1.29 is 22.9 Å². The zero-order valence-electron chi connectivity index (χ0n) is 36.1. The molecule has 1 heterocycles. The highest BCUT2D eigenvalue weighted by atomic mass is 28.4. The molecule has 1 atom stereocenters. The van der Waals surface area contributed by atoms with Crippen molar-refractivity contribution >= 4 is 8.80 Å². The minimum absolute atomic E-state index is 0.447. The molecular weight excluding hydrogens is 635 g/mol. The van der Waals surface area contributed by atoms with Crippen LogP contribution in [0.5, 0.6) is 0 Å². The van der Waals surface area contributed by atoms with E-state index < -0.39 is 31.2 Å². The van der Waals surface area contributed by atoms with Gasteiger partial charge in [0.2, 0.25) is 0 Å². The molecule has 0 aromatic carbocycles. The lowest BCUT2D eigenvalue weighted by molar-refractivity contribution is -0.910. The lowest BCUT2D eigenvalue weighted by atomic mass is 9.90. The summed E-state index contributed by atoms with van der Waals surface area (Å²) in [6.45, 7) is 24.4. The fourth-order valence-corrected chi connectivity index (χ4v) is 11.5. The molecule has 1 fully saturated rings. The van der Waals surface area contributed by atoms with E-state index in [-0.39, 0.29) is 0 Å². The van der Waals surface area contributed by atoms with Gasteiger partial charge >= 0.3 is 8.80 Å². The third-order valence-corrected chi connectivity index (χ3v) is 15.9. The summed E-state index contributed by atoms with van der Waals surface area (Å²) in [4.78, 5) is 0. The van der Waals surface area contributed by atoms with Gasteiger partial charge in [0.1, 0.15) is 0 Å². The monoisotopic (exact) mass is 727 g/mol. The Balaban J connectivity index is 2.60. The fourth-order valence-electron chi connectivity index (χ4n) is 7.43. The number of aliphatic hydroxyl groups is 1. The van der Waals surface area contributed by atoms with Crippen molar-refractivity contribution in [1.82, 2.24) is 0 Å². The van der Waals surface area contributed by atoms with E-state index in [1.165, 1.54) is 167 Å². The molecule has 1 aliphatic heterocycles. The smallest absolute Gasteiger partial charge is 0.388 e. The maximum atomic E-state index is 11.0. The first-order chi connectivity index (χ1) is 23.4. The minimum Gasteiger partial charge on any atom is -0.388 e. The van der Waals surface area contributed by atoms with Crippen LogP contribution in [0.15, 0.2) is 0 Å². The molecular formula is C44H92NO4Si+. The van der Waals surface area contributed by atoms with Crippen molar-refractivity contribution in [2.24, 2.45) is 0 Å². The van der Waals surface area contributed by atoms with Crippen LogP contribution < -0.4 is 0 Å². The van der Waals surface area contributed by atoms with Crippen LogP contribution in [-0.4, -0.2) is 67.5 Å². The third-order valence-electron chi connectivity index (χ3n) is 12.4. The molecule has 0 aliphatic carbocycles. The molecule has 0 aromatic heterocycles. The van der Waals surface area contributed by atoms with Gasteiger partial charge in [-0.05, 0) is 81.1 Å². The van der Waals surface area contributed by atoms with E-state index >= 15 is 0 Å². The van der Waals surface area contributed by atoms with Gasteiger partial charge in [0.15, 0.2) is 0 Å². The molecule has 0 radical (unpaired) electrons. The van der Waals surface area contributed by atoms with Crippen LogP contribution in [0.4, 0.5) is 0 Å². The summed E-state index contributed by atoms with van der Waals surface area (Å²) in [5.41, 5.74) is -2.68. The summed E-state index contributed by atoms with van der Waals surface area (Å²) < 4.78 is 21.6. The molecule has 300 valence electrons. The number of rotatable bonds is 33. The molecule has 50 heavy (non-hydrogen) atoms. The van der Waals surface area contributed by atoms with Gasteiger partial charge in [-0.1, -0.05) is 142 Å². The van der Waals surface area contributed by atoms with E-state index in [1.54, 1.807) is 0 Å². The first-order valence-electron chi connectivity index (χ1n) is 22.1. The second kappa shape index (κ2) is 24.4. The molecule has 0 saturated carbocycles. The van der Waals surface area contributed by atoms with Crippen LogP contribution in [0, 0.1) is 0 Å². The number of nitrogens with zero attached hydrogens (tertiary/aromatic N) is 1. The Morgan fingerprint density at radius 1 is 0.500 bits per heavy atom. The molecule has 1 aliphatic rings. The molecule has 1 unspecified atom stereocenters. The minimum atomic E-state index is -3.05. The van der Waals surface area contributed by atoms with E-state index in [0.717, 1.165) is 23.5 Å². The lowest BCUT2D eigenvalue weighted by Crippen LogP contribution is -2.57. The van der Waals surface area contributed by atoms with E-state index in [9.17, 15) is 5.11 Å². The summed E-state index contributed by atoms with van der Waals surface area (Å²) in [7, 11) is -0.548. The van der Waals surface area contributed by atoms with Gasteiger partial charge in [0.05, 0.1) is 49.1 Å². The standard InChI is InChI=1S/C44H92NO4Si/c1-12-14-16-18-20-22-23-24-25-26-27-28-29-31-33-35-38-45(11,37-34-32-30-21-19-17-15-13-2)39-36-40-50(47-42(5,6)41(3,4)46)48-43(7,8)44(9,10)49-50/h46H,12-40H2,1-11H3/q+1. The van der Waals surface area contributed by atoms with E-state index in [0.29, 0.717) is 0 Å². The summed E-state index contributed by atoms with van der Waals surface area (Å²) in [5.74, 6) is 0. The summed E-state index contributed by atoms with van der Waals surface area (Å²) in [6, 6.07) is 0.795. The Bertz CT molecular complexity index is 822. The number of unbranched alkanes of at least 4 members (excludes halogenated alkanes) is 22. The van der Waals surface area contributed by atoms with Crippen molar-refractivity contribution in [3.8, 4) is 0 Å². The normalized spacial score (nSPS) is 18.5. The quantitative estimate of drug-likeness (QED) is 0.0415. The zero-order chi connectivity index (χ0) is 37.6. The Labute approximate surface area is 315 Å². The van der Waals surface area contributed by atoms with Crippen LogP contribution in [0.25, 0.3) is 0 Å². The van der Waals surface area contributed by atoms with Crippen LogP contribution in [0.1, 0.15) is 230 Å². The average Bonchev–Trinajstić information content (AvgIpc) is 3.19. The van der Waals surface area contributed by atoms with Crippen molar-refractivity contribution in [3.05, 3.63) is 0 Å². The highest BCUT2D eigenvalue weighted by Gasteiger charge is 2.63. The van der Waals surface area contributed by atoms with Gasteiger partial charge < -0.3 is 22.9 Å². The Morgan fingerprint density at radius 2 is 0.780 bits per heavy atom. The second-order valence-electron chi connectivity index (χ2n) is 18.8. The van der Waals surface area contributed by atoms with Gasteiger partial charge in [0, 0.05) is 12.5 Å². The van der Waals surface area contributed by atoms with Crippen LogP contribution in [0.2, 0.25) is 6.04 Å². The highest BCUT2D eigenvalue weighted by Crippen LogP contribution is 2.46. The Morgan fingerprint density at radius 3 is 1.08 bits per heavy atom. The molecule has 0 spiro atoms. The molecule has 0 amide bonds. The van der Waals surface area contributed by atoms with Crippen LogP contribution >= 0.6 is 0 Å². The van der Waals surface area contributed by atoms with Crippen molar-refractivity contribution in [2.75, 3.05) is 26.7 Å². The van der Waals surface area contributed by atoms with E-state index in [2.05, 4.69) is 48.6 Å². The number of hydrogen-bond donors (Lipinski definition) is 1. The summed E-state index contributed by atoms with van der Waals surface area (Å²) in [6.07, 6.45) is 34.7. The Hall–Kier alpha value is 0.0169. The number of quaternary nitrogens is 1. The molecule has 1 saturated heterocycles. The molecule has 0 bridgehead atoms. The maximum absolute atomic E-state index is 11.0. The lowest BCUT2D eigenvalue weighted by Gasteiger charge is -2.42. The first-order valence-corrected chi connectivity index (χ1v) is 24.0. The van der Waals surface area contributed by atoms with Crippen LogP contribution in [0.3, 0.4) is 0 Å². The first kappa shape index (κ1) is 48.0. The van der Waals surface area contributed by atoms with Gasteiger partial charge in [-0.3, -0.25) is 0 Å². The number of hydrogen-bond acceptors (Lipinski definition) is 4. The second-order valence-corrected chi connectivity index (χ2v) is 21.2. The maximum Gasteiger partial charge on any atom is 0.502 e. The van der Waals surface area contributed by atoms with Gasteiger partial charge in [-0.25, -0.2) is 0 Å². The molecule has 5 nitrogen and oxygen atoms in total. The SMILES string of the molecule is CCCCCCCCCCCCCCCCCC[N+](C)(CCCCCCCCCC)CCC[Si]1(OC(C)(C)C(C)(C)O)OC(C)(C)C(C)(C)O1. The van der Waals surface area contributed by atoms with E-state index in [1.807, 2.05) is 27.7 Å². The van der Waals surface area contributed by atoms with Gasteiger partial charge in [-0.15, -0.1) is 0 Å². The summed E-state index contributed by atoms with van der Waals surface area (Å²) >= 11 is 0. The van der Waals surface area contributed by atoms with Gasteiger partial charge in [0.25, 0.3) is 0 Å². The molecule has 1 N–H and O–H groups in total. The Kier molecular flexibility index (Phi) is 23.5. The zero-order valence-corrected chi connectivity index (χ0v) is 37.1. The van der Waals surface area contributed by atoms with Crippen molar-refractivity contribution in [3.63, 3.8) is 0 Å². The largest absolute Gasteiger partial charge is 0.502 e. The average molecular weight is 727 g/mol. The third kappa shape index (κ3) is 19.4. The van der Waals surface area contributed by atoms with Crippen molar-refractivity contribution in [2.45, 2.75) is 258 Å². The van der Waals surface area contributed by atoms with Crippen molar-refractivity contribution in [1.29, 1.82) is 0 Å². The molecule has 6 heteroatoms. The van der Waals surface area contributed by atoms with Crippen LogP contribution in [-0.2, 0) is 13.3 Å². The topological polar surface area (TPSA) is 47.9 Å². The van der Waals surface area contributed by atoms with E-state index in [4.69, 9.17) is 13.3 Å². The molecule has 0 aromatic rings. The summed E-state index contributed by atoms with van der Waals surface area (Å²) in [5, 5.41) is 11.0.